The van der Waals surface area contributed by atoms with E-state index in [1.807, 2.05) is 29.2 Å². The summed E-state index contributed by atoms with van der Waals surface area (Å²) >= 11 is 0. The normalized spacial score (nSPS) is 14.2. The average Bonchev–Trinajstić information content (AvgIpc) is 2.67. The van der Waals surface area contributed by atoms with E-state index in [0.29, 0.717) is 31.9 Å². The van der Waals surface area contributed by atoms with Gasteiger partial charge in [0.05, 0.1) is 30.4 Å². The molecule has 1 saturated heterocycles. The maximum atomic E-state index is 12.5. The Morgan fingerprint density at radius 1 is 1.12 bits per heavy atom. The van der Waals surface area contributed by atoms with E-state index in [0.717, 1.165) is 5.69 Å². The van der Waals surface area contributed by atoms with E-state index in [1.165, 1.54) is 0 Å². The lowest BCUT2D eigenvalue weighted by Crippen LogP contribution is -2.57. The first-order valence-corrected chi connectivity index (χ1v) is 8.43. The van der Waals surface area contributed by atoms with E-state index >= 15 is 0 Å². The molecule has 8 heteroatoms. The van der Waals surface area contributed by atoms with Crippen molar-refractivity contribution in [1.82, 2.24) is 4.90 Å². The number of hydrogen-bond donors (Lipinski definition) is 0. The molecule has 1 aliphatic rings. The molecule has 136 valence electrons. The zero-order valence-electron chi connectivity index (χ0n) is 14.9. The van der Waals surface area contributed by atoms with E-state index in [1.54, 1.807) is 48.1 Å². The van der Waals surface area contributed by atoms with Gasteiger partial charge >= 0.3 is 6.03 Å². The van der Waals surface area contributed by atoms with Crippen molar-refractivity contribution in [3.8, 4) is 0 Å². The second-order valence-electron chi connectivity index (χ2n) is 6.36. The Hall–Kier alpha value is -3.16. The van der Waals surface area contributed by atoms with Crippen LogP contribution < -0.4 is 14.4 Å². The van der Waals surface area contributed by atoms with Crippen LogP contribution in [0.3, 0.4) is 0 Å². The molecule has 1 aliphatic heterocycles. The number of anilines is 2. The Morgan fingerprint density at radius 3 is 2.35 bits per heavy atom. The molecular weight excluding hydrogens is 334 g/mol. The van der Waals surface area contributed by atoms with Crippen LogP contribution in [0.25, 0.3) is 0 Å². The first kappa shape index (κ1) is 17.7. The number of piperazine rings is 1. The predicted molar refractivity (Wildman–Crippen MR) is 98.6 cm³/mol. The number of hydrogen-bond acceptors (Lipinski definition) is 5. The number of benzene rings is 1. The standard InChI is InChI=1S/C18H22N5O3/c1-19(2)17-14-15(6-7-16(17)23(25)26)20-10-12-22(13-11-20)18(24)21-8-4-3-5-9-21/h3-9,14H,10-13H2,1-2H3/q+1. The van der Waals surface area contributed by atoms with Gasteiger partial charge in [-0.15, -0.1) is 0 Å². The van der Waals surface area contributed by atoms with Crippen LogP contribution in [0.5, 0.6) is 0 Å². The van der Waals surface area contributed by atoms with Crippen LogP contribution >= 0.6 is 0 Å². The maximum Gasteiger partial charge on any atom is 0.497 e. The maximum absolute atomic E-state index is 12.5. The monoisotopic (exact) mass is 356 g/mol. The van der Waals surface area contributed by atoms with Gasteiger partial charge in [-0.3, -0.25) is 10.1 Å². The van der Waals surface area contributed by atoms with Crippen molar-refractivity contribution in [3.63, 3.8) is 0 Å². The van der Waals surface area contributed by atoms with Gasteiger partial charge in [-0.1, -0.05) is 6.07 Å². The molecule has 1 aromatic carbocycles. The highest BCUT2D eigenvalue weighted by atomic mass is 16.6. The molecule has 1 amide bonds. The van der Waals surface area contributed by atoms with Crippen molar-refractivity contribution in [2.45, 2.75) is 0 Å². The summed E-state index contributed by atoms with van der Waals surface area (Å²) in [6, 6.07) is 10.6. The average molecular weight is 356 g/mol. The minimum absolute atomic E-state index is 0.0390. The molecule has 1 aromatic heterocycles. The summed E-state index contributed by atoms with van der Waals surface area (Å²) in [5.74, 6) is 0. The molecule has 0 bridgehead atoms. The number of nitrogens with zero attached hydrogens (tertiary/aromatic N) is 5. The molecule has 26 heavy (non-hydrogen) atoms. The van der Waals surface area contributed by atoms with Gasteiger partial charge in [-0.2, -0.15) is 9.36 Å². The molecular formula is C18H22N5O3+. The van der Waals surface area contributed by atoms with Gasteiger partial charge in [-0.25, -0.2) is 4.90 Å². The summed E-state index contributed by atoms with van der Waals surface area (Å²) in [7, 11) is 3.58. The minimum Gasteiger partial charge on any atom is -0.372 e. The molecule has 0 unspecified atom stereocenters. The fourth-order valence-corrected chi connectivity index (χ4v) is 3.07. The fraction of sp³-hybridized carbons (Fsp3) is 0.333. The lowest BCUT2D eigenvalue weighted by atomic mass is 10.2. The Morgan fingerprint density at radius 2 is 1.77 bits per heavy atom. The molecule has 2 aromatic rings. The second-order valence-corrected chi connectivity index (χ2v) is 6.36. The summed E-state index contributed by atoms with van der Waals surface area (Å²) in [4.78, 5) is 29.0. The Kier molecular flexibility index (Phi) is 5.01. The van der Waals surface area contributed by atoms with Gasteiger partial charge < -0.3 is 9.80 Å². The van der Waals surface area contributed by atoms with Gasteiger partial charge in [0.15, 0.2) is 0 Å². The fourth-order valence-electron chi connectivity index (χ4n) is 3.07. The first-order chi connectivity index (χ1) is 12.5. The number of nitro benzene ring substituents is 1. The number of carbonyl (C=O) groups is 1. The van der Waals surface area contributed by atoms with E-state index < -0.39 is 0 Å². The Balaban J connectivity index is 1.71. The zero-order chi connectivity index (χ0) is 18.7. The molecule has 0 saturated carbocycles. The van der Waals surface area contributed by atoms with Crippen molar-refractivity contribution in [3.05, 3.63) is 58.9 Å². The second kappa shape index (κ2) is 7.38. The SMILES string of the molecule is CN(C)c1cc(N2CCN(C(=O)[n+]3ccccc3)CC2)ccc1[N+](=O)[O-]. The predicted octanol–water partition coefficient (Wildman–Crippen LogP) is 1.74. The van der Waals surface area contributed by atoms with Crippen LogP contribution in [0.15, 0.2) is 48.8 Å². The molecule has 0 atom stereocenters. The summed E-state index contributed by atoms with van der Waals surface area (Å²) < 4.78 is 1.58. The van der Waals surface area contributed by atoms with Gasteiger partial charge in [0, 0.05) is 25.8 Å². The van der Waals surface area contributed by atoms with Crippen LogP contribution in [0.1, 0.15) is 0 Å². The highest BCUT2D eigenvalue weighted by Gasteiger charge is 2.29. The molecule has 0 spiro atoms. The third-order valence-electron chi connectivity index (χ3n) is 4.49. The summed E-state index contributed by atoms with van der Waals surface area (Å²) in [5, 5.41) is 11.2. The third-order valence-corrected chi connectivity index (χ3v) is 4.49. The van der Waals surface area contributed by atoms with Crippen LogP contribution in [0.2, 0.25) is 0 Å². The van der Waals surface area contributed by atoms with Crippen molar-refractivity contribution in [2.24, 2.45) is 0 Å². The highest BCUT2D eigenvalue weighted by Crippen LogP contribution is 2.31. The van der Waals surface area contributed by atoms with E-state index in [4.69, 9.17) is 0 Å². The van der Waals surface area contributed by atoms with Gasteiger partial charge in [0.2, 0.25) is 0 Å². The quantitative estimate of drug-likeness (QED) is 0.476. The summed E-state index contributed by atoms with van der Waals surface area (Å²) in [6.07, 6.45) is 3.49. The van der Waals surface area contributed by atoms with E-state index in [-0.39, 0.29) is 16.6 Å². The number of carbonyl (C=O) groups excluding carboxylic acids is 1. The molecule has 0 radical (unpaired) electrons. The minimum atomic E-state index is -0.368. The van der Waals surface area contributed by atoms with Crippen LogP contribution in [-0.4, -0.2) is 56.1 Å². The number of pyridine rings is 1. The van der Waals surface area contributed by atoms with Gasteiger partial charge in [-0.05, 0) is 24.3 Å². The third kappa shape index (κ3) is 3.58. The number of nitro groups is 1. The van der Waals surface area contributed by atoms with Crippen LogP contribution in [0.4, 0.5) is 21.9 Å². The summed E-state index contributed by atoms with van der Waals surface area (Å²) in [5.41, 5.74) is 1.60. The van der Waals surface area contributed by atoms with Crippen molar-refractivity contribution in [1.29, 1.82) is 0 Å². The lowest BCUT2D eigenvalue weighted by Gasteiger charge is -2.32. The topological polar surface area (TPSA) is 73.8 Å². The van der Waals surface area contributed by atoms with Crippen molar-refractivity contribution < 1.29 is 14.3 Å². The van der Waals surface area contributed by atoms with Gasteiger partial charge in [0.1, 0.15) is 18.8 Å². The largest absolute Gasteiger partial charge is 0.497 e. The number of amides is 1. The highest BCUT2D eigenvalue weighted by molar-refractivity contribution is 5.70. The lowest BCUT2D eigenvalue weighted by molar-refractivity contribution is -0.578. The van der Waals surface area contributed by atoms with Gasteiger partial charge in [0.25, 0.3) is 5.69 Å². The number of aromatic nitrogens is 1. The molecule has 0 N–H and O–H groups in total. The van der Waals surface area contributed by atoms with Crippen molar-refractivity contribution >= 4 is 23.1 Å². The van der Waals surface area contributed by atoms with Crippen LogP contribution in [-0.2, 0) is 0 Å². The Labute approximate surface area is 152 Å². The Bertz CT molecular complexity index is 802. The molecule has 2 heterocycles. The summed E-state index contributed by atoms with van der Waals surface area (Å²) in [6.45, 7) is 2.58. The smallest absolute Gasteiger partial charge is 0.372 e. The molecule has 3 rings (SSSR count). The molecule has 8 nitrogen and oxygen atoms in total. The van der Waals surface area contributed by atoms with Crippen molar-refractivity contribution in [2.75, 3.05) is 50.1 Å². The zero-order valence-corrected chi connectivity index (χ0v) is 14.9. The molecule has 1 fully saturated rings. The number of rotatable bonds is 3. The molecule has 0 aliphatic carbocycles. The van der Waals surface area contributed by atoms with E-state index in [2.05, 4.69) is 4.90 Å². The van der Waals surface area contributed by atoms with E-state index in [9.17, 15) is 14.9 Å². The first-order valence-electron chi connectivity index (χ1n) is 8.43. The van der Waals surface area contributed by atoms with Crippen LogP contribution in [0, 0.1) is 10.1 Å².